The summed E-state index contributed by atoms with van der Waals surface area (Å²) in [6.45, 7) is 2.62. The minimum absolute atomic E-state index is 0.00616. The molecule has 1 aromatic heterocycles. The van der Waals surface area contributed by atoms with E-state index in [4.69, 9.17) is 0 Å². The second-order valence-electron chi connectivity index (χ2n) is 10.2. The van der Waals surface area contributed by atoms with E-state index in [1.807, 2.05) is 36.4 Å². The first-order chi connectivity index (χ1) is 18.9. The number of hydrogen-bond acceptors (Lipinski definition) is 7. The van der Waals surface area contributed by atoms with Crippen LogP contribution in [0, 0.1) is 5.92 Å². The molecule has 1 unspecified atom stereocenters. The van der Waals surface area contributed by atoms with E-state index in [9.17, 15) is 18.0 Å². The molecule has 9 nitrogen and oxygen atoms in total. The molecular weight excluding hydrogens is 514 g/mol. The molecule has 2 saturated heterocycles. The van der Waals surface area contributed by atoms with Crippen LogP contribution in [0.3, 0.4) is 0 Å². The summed E-state index contributed by atoms with van der Waals surface area (Å²) in [7, 11) is -3.47. The number of benzene rings is 2. The fourth-order valence-electron chi connectivity index (χ4n) is 5.32. The monoisotopic (exact) mass is 547 g/mol. The second kappa shape index (κ2) is 11.9. The summed E-state index contributed by atoms with van der Waals surface area (Å²) in [6.07, 6.45) is 4.05. The molecule has 39 heavy (non-hydrogen) atoms. The quantitative estimate of drug-likeness (QED) is 0.459. The van der Waals surface area contributed by atoms with Gasteiger partial charge in [-0.25, -0.2) is 8.42 Å². The van der Waals surface area contributed by atoms with Gasteiger partial charge in [-0.3, -0.25) is 9.59 Å². The van der Waals surface area contributed by atoms with Gasteiger partial charge in [0.2, 0.25) is 11.8 Å². The molecule has 0 saturated carbocycles. The highest BCUT2D eigenvalue weighted by molar-refractivity contribution is 7.91. The maximum atomic E-state index is 12.8. The molecule has 5 rings (SSSR count). The van der Waals surface area contributed by atoms with Crippen LogP contribution in [0.4, 0.5) is 11.5 Å². The lowest BCUT2D eigenvalue weighted by atomic mass is 9.89. The molecule has 0 radical (unpaired) electrons. The molecule has 2 fully saturated rings. The van der Waals surface area contributed by atoms with Crippen molar-refractivity contribution in [1.29, 1.82) is 0 Å². The van der Waals surface area contributed by atoms with Gasteiger partial charge in [0.15, 0.2) is 15.7 Å². The van der Waals surface area contributed by atoms with Gasteiger partial charge >= 0.3 is 0 Å². The van der Waals surface area contributed by atoms with Gasteiger partial charge < -0.3 is 15.1 Å². The number of likely N-dealkylation sites (tertiary alicyclic amines) is 1. The number of carbonyl (C=O) groups is 2. The second-order valence-corrected chi connectivity index (χ2v) is 12.3. The SMILES string of the molecule is O=C(Nc1ccc(C2CCN(C(=O)CCS(=O)(=O)c3ccccc3)CC2)cc1)C1CCN(c2cccnn2)C1. The molecule has 3 aromatic rings. The Bertz CT molecular complexity index is 1380. The third-order valence-corrected chi connectivity index (χ3v) is 9.36. The molecule has 1 N–H and O–H groups in total. The average molecular weight is 548 g/mol. The van der Waals surface area contributed by atoms with Gasteiger partial charge in [0.05, 0.1) is 16.6 Å². The average Bonchev–Trinajstić information content (AvgIpc) is 3.48. The zero-order valence-electron chi connectivity index (χ0n) is 21.8. The van der Waals surface area contributed by atoms with E-state index in [0.29, 0.717) is 25.6 Å². The van der Waals surface area contributed by atoms with Crippen molar-refractivity contribution in [2.75, 3.05) is 42.1 Å². The maximum Gasteiger partial charge on any atom is 0.229 e. The number of hydrogen-bond donors (Lipinski definition) is 1. The first-order valence-corrected chi connectivity index (χ1v) is 15.0. The van der Waals surface area contributed by atoms with E-state index < -0.39 is 9.84 Å². The Hall–Kier alpha value is -3.79. The Labute approximate surface area is 229 Å². The number of sulfone groups is 1. The van der Waals surface area contributed by atoms with E-state index in [1.165, 1.54) is 5.56 Å². The minimum Gasteiger partial charge on any atom is -0.354 e. The van der Waals surface area contributed by atoms with Gasteiger partial charge in [0, 0.05) is 44.5 Å². The highest BCUT2D eigenvalue weighted by Gasteiger charge is 2.29. The third kappa shape index (κ3) is 6.62. The molecule has 204 valence electrons. The van der Waals surface area contributed by atoms with Crippen molar-refractivity contribution in [3.63, 3.8) is 0 Å². The molecule has 0 spiro atoms. The molecular formula is C29H33N5O4S. The predicted molar refractivity (Wildman–Crippen MR) is 149 cm³/mol. The first kappa shape index (κ1) is 26.8. The van der Waals surface area contributed by atoms with Crippen LogP contribution in [0.25, 0.3) is 0 Å². The van der Waals surface area contributed by atoms with E-state index in [2.05, 4.69) is 20.4 Å². The number of nitrogens with one attached hydrogen (secondary N) is 1. The van der Waals surface area contributed by atoms with Crippen LogP contribution in [0.15, 0.2) is 77.8 Å². The summed E-state index contributed by atoms with van der Waals surface area (Å²) in [5.74, 6) is 0.731. The topological polar surface area (TPSA) is 113 Å². The number of carbonyl (C=O) groups excluding carboxylic acids is 2. The summed E-state index contributed by atoms with van der Waals surface area (Å²) in [5, 5.41) is 11.1. The lowest BCUT2D eigenvalue weighted by Gasteiger charge is -2.32. The fraction of sp³-hybridized carbons (Fsp3) is 0.379. The Morgan fingerprint density at radius 2 is 1.64 bits per heavy atom. The Balaban J connectivity index is 1.07. The van der Waals surface area contributed by atoms with Crippen LogP contribution in [-0.2, 0) is 19.4 Å². The molecule has 2 aliphatic heterocycles. The van der Waals surface area contributed by atoms with Crippen LogP contribution in [0.1, 0.15) is 37.2 Å². The van der Waals surface area contributed by atoms with Crippen LogP contribution in [0.2, 0.25) is 0 Å². The zero-order chi connectivity index (χ0) is 27.2. The van der Waals surface area contributed by atoms with Crippen molar-refractivity contribution in [2.24, 2.45) is 5.92 Å². The first-order valence-electron chi connectivity index (χ1n) is 13.4. The summed E-state index contributed by atoms with van der Waals surface area (Å²) >= 11 is 0. The number of rotatable bonds is 8. The molecule has 1 atom stereocenters. The minimum atomic E-state index is -3.47. The lowest BCUT2D eigenvalue weighted by Crippen LogP contribution is -2.38. The van der Waals surface area contributed by atoms with E-state index in [1.54, 1.807) is 41.4 Å². The summed E-state index contributed by atoms with van der Waals surface area (Å²) in [4.78, 5) is 29.6. The highest BCUT2D eigenvalue weighted by Crippen LogP contribution is 2.30. The normalized spacial score (nSPS) is 18.2. The predicted octanol–water partition coefficient (Wildman–Crippen LogP) is 3.51. The summed E-state index contributed by atoms with van der Waals surface area (Å²) in [5.41, 5.74) is 1.95. The van der Waals surface area contributed by atoms with Crippen molar-refractivity contribution in [2.45, 2.75) is 36.5 Å². The van der Waals surface area contributed by atoms with Crippen LogP contribution < -0.4 is 10.2 Å². The molecule has 3 heterocycles. The highest BCUT2D eigenvalue weighted by atomic mass is 32.2. The largest absolute Gasteiger partial charge is 0.354 e. The van der Waals surface area contributed by atoms with Gasteiger partial charge in [-0.2, -0.15) is 5.10 Å². The number of anilines is 2. The smallest absolute Gasteiger partial charge is 0.229 e. The van der Waals surface area contributed by atoms with Gasteiger partial charge in [-0.15, -0.1) is 5.10 Å². The Kier molecular flexibility index (Phi) is 8.21. The van der Waals surface area contributed by atoms with Gasteiger partial charge in [0.25, 0.3) is 0 Å². The van der Waals surface area contributed by atoms with Crippen LogP contribution >= 0.6 is 0 Å². The molecule has 0 bridgehead atoms. The fourth-order valence-corrected chi connectivity index (χ4v) is 6.57. The van der Waals surface area contributed by atoms with Crippen LogP contribution in [0.5, 0.6) is 0 Å². The Morgan fingerprint density at radius 1 is 0.897 bits per heavy atom. The summed E-state index contributed by atoms with van der Waals surface area (Å²) in [6, 6.07) is 20.0. The van der Waals surface area contributed by atoms with Crippen molar-refractivity contribution >= 4 is 33.2 Å². The van der Waals surface area contributed by atoms with Crippen LogP contribution in [-0.4, -0.2) is 67.3 Å². The van der Waals surface area contributed by atoms with Gasteiger partial charge in [-0.05, 0) is 67.1 Å². The lowest BCUT2D eigenvalue weighted by molar-refractivity contribution is -0.131. The molecule has 0 aliphatic carbocycles. The molecule has 10 heteroatoms. The number of nitrogens with zero attached hydrogens (tertiary/aromatic N) is 4. The summed E-state index contributed by atoms with van der Waals surface area (Å²) < 4.78 is 25.0. The van der Waals surface area contributed by atoms with Gasteiger partial charge in [-0.1, -0.05) is 30.3 Å². The van der Waals surface area contributed by atoms with Gasteiger partial charge in [0.1, 0.15) is 0 Å². The van der Waals surface area contributed by atoms with E-state index in [-0.39, 0.29) is 34.8 Å². The third-order valence-electron chi connectivity index (χ3n) is 7.63. The maximum absolute atomic E-state index is 12.8. The standard InChI is InChI=1S/C29H33N5O4S/c35-28(15-20-39(37,38)26-5-2-1-3-6-26)33-17-12-23(13-18-33)22-8-10-25(11-9-22)31-29(36)24-14-19-34(21-24)27-7-4-16-30-32-27/h1-11,16,23-24H,12-15,17-21H2,(H,31,36). The number of aromatic nitrogens is 2. The zero-order valence-corrected chi connectivity index (χ0v) is 22.6. The van der Waals surface area contributed by atoms with E-state index in [0.717, 1.165) is 37.3 Å². The molecule has 2 aromatic carbocycles. The van der Waals surface area contributed by atoms with Crippen molar-refractivity contribution in [1.82, 2.24) is 15.1 Å². The van der Waals surface area contributed by atoms with Crippen molar-refractivity contribution in [3.8, 4) is 0 Å². The molecule has 2 aliphatic rings. The number of amides is 2. The van der Waals surface area contributed by atoms with E-state index >= 15 is 0 Å². The molecule has 2 amide bonds. The Morgan fingerprint density at radius 3 is 2.33 bits per heavy atom. The van der Waals surface area contributed by atoms with Crippen molar-refractivity contribution in [3.05, 3.63) is 78.5 Å². The number of piperidine rings is 1. The van der Waals surface area contributed by atoms with Crippen molar-refractivity contribution < 1.29 is 18.0 Å².